The normalized spacial score (nSPS) is 17.2. The third-order valence-electron chi connectivity index (χ3n) is 4.91. The van der Waals surface area contributed by atoms with Crippen LogP contribution in [0.15, 0.2) is 47.1 Å². The van der Waals surface area contributed by atoms with Gasteiger partial charge in [-0.15, -0.1) is 0 Å². The highest BCUT2D eigenvalue weighted by Crippen LogP contribution is 2.28. The van der Waals surface area contributed by atoms with Crippen LogP contribution in [0.25, 0.3) is 11.6 Å². The number of pyridine rings is 1. The summed E-state index contributed by atoms with van der Waals surface area (Å²) in [7, 11) is 0. The smallest absolute Gasteiger partial charge is 0.276 e. The van der Waals surface area contributed by atoms with Crippen molar-refractivity contribution in [3.63, 3.8) is 0 Å². The van der Waals surface area contributed by atoms with E-state index in [1.807, 2.05) is 12.1 Å². The predicted octanol–water partition coefficient (Wildman–Crippen LogP) is 4.30. The maximum absolute atomic E-state index is 13.0. The molecule has 29 heavy (non-hydrogen) atoms. The molecule has 1 saturated heterocycles. The van der Waals surface area contributed by atoms with Crippen molar-refractivity contribution in [2.24, 2.45) is 5.92 Å². The Kier molecular flexibility index (Phi) is 5.85. The highest BCUT2D eigenvalue weighted by atomic mass is 19.1. The molecule has 1 aliphatic rings. The fourth-order valence-corrected chi connectivity index (χ4v) is 3.45. The van der Waals surface area contributed by atoms with E-state index in [2.05, 4.69) is 46.0 Å². The van der Waals surface area contributed by atoms with Gasteiger partial charge in [-0.3, -0.25) is 4.90 Å². The molecule has 0 N–H and O–H groups in total. The molecule has 1 unspecified atom stereocenters. The minimum atomic E-state index is -0.390. The second-order valence-electron chi connectivity index (χ2n) is 7.89. The fourth-order valence-electron chi connectivity index (χ4n) is 3.45. The molecule has 6 nitrogen and oxygen atoms in total. The first kappa shape index (κ1) is 19.5. The summed E-state index contributed by atoms with van der Waals surface area (Å²) < 4.78 is 24.2. The van der Waals surface area contributed by atoms with Gasteiger partial charge in [0, 0.05) is 19.0 Å². The Balaban J connectivity index is 1.36. The van der Waals surface area contributed by atoms with Crippen LogP contribution in [0.3, 0.4) is 0 Å². The Labute approximate surface area is 169 Å². The lowest BCUT2D eigenvalue weighted by atomic mass is 10.1. The van der Waals surface area contributed by atoms with Crippen LogP contribution in [0, 0.1) is 11.7 Å². The van der Waals surface area contributed by atoms with Crippen molar-refractivity contribution >= 4 is 0 Å². The van der Waals surface area contributed by atoms with Gasteiger partial charge in [-0.2, -0.15) is 4.98 Å². The number of rotatable bonds is 7. The van der Waals surface area contributed by atoms with Crippen molar-refractivity contribution in [1.29, 1.82) is 0 Å². The lowest BCUT2D eigenvalue weighted by Crippen LogP contribution is -2.20. The van der Waals surface area contributed by atoms with Crippen LogP contribution in [0.4, 0.5) is 4.39 Å². The summed E-state index contributed by atoms with van der Waals surface area (Å²) in [4.78, 5) is 10.9. The zero-order valence-electron chi connectivity index (χ0n) is 16.7. The number of hydrogen-bond donors (Lipinski definition) is 0. The van der Waals surface area contributed by atoms with Crippen molar-refractivity contribution in [1.82, 2.24) is 20.0 Å². The molecule has 0 radical (unpaired) electrons. The number of hydrogen-bond acceptors (Lipinski definition) is 6. The topological polar surface area (TPSA) is 64.3 Å². The molecule has 1 fully saturated rings. The monoisotopic (exact) mass is 396 g/mol. The number of aromatic nitrogens is 3. The maximum Gasteiger partial charge on any atom is 0.276 e. The van der Waals surface area contributed by atoms with Crippen LogP contribution in [0.5, 0.6) is 5.75 Å². The van der Waals surface area contributed by atoms with Crippen LogP contribution in [-0.2, 0) is 6.54 Å². The third-order valence-corrected chi connectivity index (χ3v) is 4.91. The van der Waals surface area contributed by atoms with Gasteiger partial charge in [-0.1, -0.05) is 31.1 Å². The van der Waals surface area contributed by atoms with E-state index in [0.717, 1.165) is 44.6 Å². The maximum atomic E-state index is 13.0. The summed E-state index contributed by atoms with van der Waals surface area (Å²) >= 11 is 0. The van der Waals surface area contributed by atoms with Crippen molar-refractivity contribution in [3.05, 3.63) is 59.8 Å². The molecule has 152 valence electrons. The zero-order chi connectivity index (χ0) is 20.2. The van der Waals surface area contributed by atoms with E-state index in [4.69, 9.17) is 9.26 Å². The average molecular weight is 396 g/mol. The summed E-state index contributed by atoms with van der Waals surface area (Å²) in [5.41, 5.74) is 1.72. The second kappa shape index (κ2) is 8.69. The van der Waals surface area contributed by atoms with Crippen molar-refractivity contribution in [3.8, 4) is 17.3 Å². The van der Waals surface area contributed by atoms with Gasteiger partial charge in [0.05, 0.1) is 12.8 Å². The quantitative estimate of drug-likeness (QED) is 0.593. The van der Waals surface area contributed by atoms with Crippen LogP contribution in [0.1, 0.15) is 37.6 Å². The molecular weight excluding hydrogens is 371 g/mol. The van der Waals surface area contributed by atoms with E-state index in [1.54, 1.807) is 6.07 Å². The highest BCUT2D eigenvalue weighted by Gasteiger charge is 2.28. The molecule has 1 aliphatic heterocycles. The van der Waals surface area contributed by atoms with E-state index in [1.165, 1.54) is 11.6 Å². The number of likely N-dealkylation sites (tertiary alicyclic amines) is 1. The molecule has 3 heterocycles. The summed E-state index contributed by atoms with van der Waals surface area (Å²) in [6, 6.07) is 11.2. The SMILES string of the molecule is CC(C)COc1cccc(CN2CCC(c3noc(-c4ccc(F)cn4)n3)C2)c1. The molecule has 7 heteroatoms. The minimum absolute atomic E-state index is 0.216. The molecule has 3 aromatic rings. The predicted molar refractivity (Wildman–Crippen MR) is 107 cm³/mol. The van der Waals surface area contributed by atoms with E-state index >= 15 is 0 Å². The first-order valence-corrected chi connectivity index (χ1v) is 9.96. The van der Waals surface area contributed by atoms with Gasteiger partial charge < -0.3 is 9.26 Å². The summed E-state index contributed by atoms with van der Waals surface area (Å²) in [6.45, 7) is 7.71. The van der Waals surface area contributed by atoms with Gasteiger partial charge in [0.25, 0.3) is 5.89 Å². The minimum Gasteiger partial charge on any atom is -0.493 e. The molecule has 0 spiro atoms. The highest BCUT2D eigenvalue weighted by molar-refractivity contribution is 5.45. The van der Waals surface area contributed by atoms with E-state index in [0.29, 0.717) is 23.3 Å². The third kappa shape index (κ3) is 4.98. The van der Waals surface area contributed by atoms with Crippen molar-refractivity contribution in [2.75, 3.05) is 19.7 Å². The Morgan fingerprint density at radius 1 is 1.28 bits per heavy atom. The molecular formula is C22H25FN4O2. The first-order valence-electron chi connectivity index (χ1n) is 9.96. The van der Waals surface area contributed by atoms with Crippen LogP contribution in [-0.4, -0.2) is 39.7 Å². The van der Waals surface area contributed by atoms with E-state index in [9.17, 15) is 4.39 Å². The Hall–Kier alpha value is -2.80. The van der Waals surface area contributed by atoms with Gasteiger partial charge in [0.15, 0.2) is 5.82 Å². The molecule has 1 aromatic carbocycles. The Morgan fingerprint density at radius 3 is 2.97 bits per heavy atom. The van der Waals surface area contributed by atoms with Gasteiger partial charge in [-0.05, 0) is 48.7 Å². The summed E-state index contributed by atoms with van der Waals surface area (Å²) in [6.07, 6.45) is 2.12. The molecule has 0 saturated carbocycles. The van der Waals surface area contributed by atoms with Crippen LogP contribution < -0.4 is 4.74 Å². The van der Waals surface area contributed by atoms with Gasteiger partial charge >= 0.3 is 0 Å². The Morgan fingerprint density at radius 2 is 2.17 bits per heavy atom. The second-order valence-corrected chi connectivity index (χ2v) is 7.89. The van der Waals surface area contributed by atoms with Crippen molar-refractivity contribution in [2.45, 2.75) is 32.7 Å². The average Bonchev–Trinajstić information content (AvgIpc) is 3.37. The lowest BCUT2D eigenvalue weighted by Gasteiger charge is -2.16. The fraction of sp³-hybridized carbons (Fsp3) is 0.409. The first-order chi connectivity index (χ1) is 14.1. The van der Waals surface area contributed by atoms with Crippen LogP contribution >= 0.6 is 0 Å². The molecule has 0 amide bonds. The molecule has 4 rings (SSSR count). The Bertz CT molecular complexity index is 942. The number of nitrogens with zero attached hydrogens (tertiary/aromatic N) is 4. The van der Waals surface area contributed by atoms with Gasteiger partial charge in [0.1, 0.15) is 17.3 Å². The van der Waals surface area contributed by atoms with Crippen LogP contribution in [0.2, 0.25) is 0 Å². The molecule has 0 aliphatic carbocycles. The number of ether oxygens (including phenoxy) is 1. The van der Waals surface area contributed by atoms with E-state index in [-0.39, 0.29) is 5.92 Å². The van der Waals surface area contributed by atoms with Gasteiger partial charge in [-0.25, -0.2) is 9.37 Å². The number of halogens is 1. The van der Waals surface area contributed by atoms with E-state index < -0.39 is 5.82 Å². The number of benzene rings is 1. The molecule has 0 bridgehead atoms. The summed E-state index contributed by atoms with van der Waals surface area (Å²) in [5, 5.41) is 4.13. The van der Waals surface area contributed by atoms with Gasteiger partial charge in [0.2, 0.25) is 0 Å². The van der Waals surface area contributed by atoms with Crippen molar-refractivity contribution < 1.29 is 13.7 Å². The largest absolute Gasteiger partial charge is 0.493 e. The summed E-state index contributed by atoms with van der Waals surface area (Å²) in [5.74, 6) is 2.26. The molecule has 2 aromatic heterocycles. The standard InChI is InChI=1S/C22H25FN4O2/c1-15(2)14-28-19-5-3-4-16(10-19)12-27-9-8-17(13-27)21-25-22(29-26-21)20-7-6-18(23)11-24-20/h3-7,10-11,15,17H,8-9,12-14H2,1-2H3. The zero-order valence-corrected chi connectivity index (χ0v) is 16.7. The lowest BCUT2D eigenvalue weighted by molar-refractivity contribution is 0.270. The molecule has 1 atom stereocenters.